The van der Waals surface area contributed by atoms with Crippen LogP contribution in [0.1, 0.15) is 18.2 Å². The molecule has 1 aromatic rings. The molecule has 8 heteroatoms. The van der Waals surface area contributed by atoms with Gasteiger partial charge in [0.2, 0.25) is 0 Å². The normalized spacial score (nSPS) is 11.1. The van der Waals surface area contributed by atoms with Gasteiger partial charge in [0.1, 0.15) is 0 Å². The predicted molar refractivity (Wildman–Crippen MR) is 54.6 cm³/mol. The monoisotopic (exact) mass is 248 g/mol. The number of ether oxygens (including phenoxy) is 1. The van der Waals surface area contributed by atoms with Crippen molar-refractivity contribution in [1.29, 1.82) is 0 Å². The Hall–Kier alpha value is -1.82. The SMILES string of the molecule is CCc1cc(CN=[N+]=[N-])[nH]c1OCC(F)(F)F. The van der Waals surface area contributed by atoms with E-state index in [2.05, 4.69) is 19.7 Å². The highest BCUT2D eigenvalue weighted by molar-refractivity contribution is 5.31. The minimum absolute atomic E-state index is 0.0544. The number of H-pyrrole nitrogens is 1. The van der Waals surface area contributed by atoms with E-state index in [4.69, 9.17) is 5.53 Å². The van der Waals surface area contributed by atoms with Crippen LogP contribution < -0.4 is 4.74 Å². The Bertz CT molecular complexity index is 420. The van der Waals surface area contributed by atoms with Crippen LogP contribution in [0.4, 0.5) is 13.2 Å². The molecule has 0 bridgehead atoms. The molecule has 94 valence electrons. The average molecular weight is 248 g/mol. The largest absolute Gasteiger partial charge is 0.469 e. The molecule has 0 saturated carbocycles. The summed E-state index contributed by atoms with van der Waals surface area (Å²) in [5, 5.41) is 3.31. The molecule has 1 heterocycles. The van der Waals surface area contributed by atoms with Gasteiger partial charge in [0.25, 0.3) is 0 Å². The number of alkyl halides is 3. The van der Waals surface area contributed by atoms with Crippen LogP contribution in [0.2, 0.25) is 0 Å². The lowest BCUT2D eigenvalue weighted by Gasteiger charge is -2.08. The second-order valence-electron chi connectivity index (χ2n) is 3.30. The summed E-state index contributed by atoms with van der Waals surface area (Å²) >= 11 is 0. The smallest absolute Gasteiger partial charge is 0.422 e. The molecule has 0 radical (unpaired) electrons. The molecule has 0 aromatic carbocycles. The zero-order valence-corrected chi connectivity index (χ0v) is 9.08. The Balaban J connectivity index is 2.76. The van der Waals surface area contributed by atoms with Gasteiger partial charge >= 0.3 is 6.18 Å². The van der Waals surface area contributed by atoms with Gasteiger partial charge in [0.05, 0.1) is 6.54 Å². The first-order valence-electron chi connectivity index (χ1n) is 4.87. The van der Waals surface area contributed by atoms with Gasteiger partial charge in [-0.1, -0.05) is 12.0 Å². The van der Waals surface area contributed by atoms with Crippen molar-refractivity contribution >= 4 is 0 Å². The fraction of sp³-hybridized carbons (Fsp3) is 0.556. The summed E-state index contributed by atoms with van der Waals surface area (Å²) in [5.74, 6) is 0.0768. The molecule has 5 nitrogen and oxygen atoms in total. The van der Waals surface area contributed by atoms with Crippen molar-refractivity contribution in [3.05, 3.63) is 27.8 Å². The van der Waals surface area contributed by atoms with Crippen LogP contribution in [0.3, 0.4) is 0 Å². The second-order valence-corrected chi connectivity index (χ2v) is 3.30. The van der Waals surface area contributed by atoms with Crippen LogP contribution in [0, 0.1) is 0 Å². The highest BCUT2D eigenvalue weighted by Crippen LogP contribution is 2.23. The summed E-state index contributed by atoms with van der Waals surface area (Å²) in [7, 11) is 0. The summed E-state index contributed by atoms with van der Waals surface area (Å²) in [6.07, 6.45) is -3.85. The van der Waals surface area contributed by atoms with Crippen molar-refractivity contribution < 1.29 is 17.9 Å². The summed E-state index contributed by atoms with van der Waals surface area (Å²) in [5.41, 5.74) is 9.28. The van der Waals surface area contributed by atoms with Gasteiger partial charge in [-0.15, -0.1) is 0 Å². The van der Waals surface area contributed by atoms with Gasteiger partial charge in [-0.05, 0) is 18.0 Å². The molecule has 0 unspecified atom stereocenters. The maximum absolute atomic E-state index is 12.0. The third kappa shape index (κ3) is 4.28. The van der Waals surface area contributed by atoms with Gasteiger partial charge in [-0.3, -0.25) is 0 Å². The number of hydrogen-bond donors (Lipinski definition) is 1. The Labute approximate surface area is 95.2 Å². The van der Waals surface area contributed by atoms with Crippen molar-refractivity contribution in [3.63, 3.8) is 0 Å². The Morgan fingerprint density at radius 1 is 1.53 bits per heavy atom. The van der Waals surface area contributed by atoms with Crippen molar-refractivity contribution in [2.75, 3.05) is 6.61 Å². The fourth-order valence-electron chi connectivity index (χ4n) is 1.28. The summed E-state index contributed by atoms with van der Waals surface area (Å²) in [4.78, 5) is 5.22. The number of aromatic amines is 1. The molecule has 0 aliphatic carbocycles. The third-order valence-corrected chi connectivity index (χ3v) is 1.98. The van der Waals surface area contributed by atoms with E-state index in [0.717, 1.165) is 0 Å². The maximum atomic E-state index is 12.0. The number of azide groups is 1. The molecule has 0 fully saturated rings. The second kappa shape index (κ2) is 5.49. The number of nitrogens with zero attached hydrogens (tertiary/aromatic N) is 3. The molecular formula is C9H11F3N4O. The quantitative estimate of drug-likeness (QED) is 0.484. The molecule has 0 amide bonds. The van der Waals surface area contributed by atoms with Crippen LogP contribution in [0.15, 0.2) is 11.2 Å². The minimum Gasteiger partial charge on any atom is -0.469 e. The molecule has 0 atom stereocenters. The van der Waals surface area contributed by atoms with E-state index in [1.807, 2.05) is 0 Å². The Kier molecular flexibility index (Phi) is 4.28. The fourth-order valence-corrected chi connectivity index (χ4v) is 1.28. The molecular weight excluding hydrogens is 237 g/mol. The molecule has 1 N–H and O–H groups in total. The van der Waals surface area contributed by atoms with E-state index in [1.165, 1.54) is 0 Å². The number of nitrogens with one attached hydrogen (secondary N) is 1. The van der Waals surface area contributed by atoms with E-state index in [0.29, 0.717) is 17.7 Å². The van der Waals surface area contributed by atoms with Gasteiger partial charge in [-0.25, -0.2) is 0 Å². The lowest BCUT2D eigenvalue weighted by molar-refractivity contribution is -0.154. The summed E-state index contributed by atoms with van der Waals surface area (Å²) < 4.78 is 40.6. The molecule has 0 saturated heterocycles. The molecule has 1 aromatic heterocycles. The number of hydrogen-bond acceptors (Lipinski definition) is 2. The van der Waals surface area contributed by atoms with E-state index in [1.54, 1.807) is 13.0 Å². The van der Waals surface area contributed by atoms with Crippen LogP contribution in [-0.4, -0.2) is 17.8 Å². The van der Waals surface area contributed by atoms with Crippen molar-refractivity contribution in [2.45, 2.75) is 26.1 Å². The van der Waals surface area contributed by atoms with Crippen molar-refractivity contribution in [2.24, 2.45) is 5.11 Å². The maximum Gasteiger partial charge on any atom is 0.422 e. The highest BCUT2D eigenvalue weighted by atomic mass is 19.4. The van der Waals surface area contributed by atoms with Gasteiger partial charge in [0, 0.05) is 16.2 Å². The molecule has 0 aliphatic heterocycles. The van der Waals surface area contributed by atoms with E-state index >= 15 is 0 Å². The predicted octanol–water partition coefficient (Wildman–Crippen LogP) is 3.33. The topological polar surface area (TPSA) is 73.8 Å². The highest BCUT2D eigenvalue weighted by Gasteiger charge is 2.29. The van der Waals surface area contributed by atoms with Crippen molar-refractivity contribution in [3.8, 4) is 5.88 Å². The van der Waals surface area contributed by atoms with E-state index in [9.17, 15) is 13.2 Å². The van der Waals surface area contributed by atoms with Gasteiger partial charge in [0.15, 0.2) is 12.5 Å². The summed E-state index contributed by atoms with van der Waals surface area (Å²) in [6, 6.07) is 1.63. The third-order valence-electron chi connectivity index (χ3n) is 1.98. The summed E-state index contributed by atoms with van der Waals surface area (Å²) in [6.45, 7) is 0.501. The van der Waals surface area contributed by atoms with Crippen molar-refractivity contribution in [1.82, 2.24) is 4.98 Å². The van der Waals surface area contributed by atoms with Gasteiger partial charge < -0.3 is 9.72 Å². The van der Waals surface area contributed by atoms with Crippen LogP contribution in [0.25, 0.3) is 10.4 Å². The minimum atomic E-state index is -4.37. The first-order valence-corrected chi connectivity index (χ1v) is 4.87. The van der Waals surface area contributed by atoms with E-state index < -0.39 is 12.8 Å². The molecule has 17 heavy (non-hydrogen) atoms. The molecule has 0 spiro atoms. The van der Waals surface area contributed by atoms with Gasteiger partial charge in [-0.2, -0.15) is 13.2 Å². The zero-order chi connectivity index (χ0) is 12.9. The van der Waals surface area contributed by atoms with Crippen LogP contribution in [0.5, 0.6) is 5.88 Å². The van der Waals surface area contributed by atoms with Crippen LogP contribution in [-0.2, 0) is 13.0 Å². The van der Waals surface area contributed by atoms with Crippen LogP contribution >= 0.6 is 0 Å². The lowest BCUT2D eigenvalue weighted by Crippen LogP contribution is -2.19. The Morgan fingerprint density at radius 3 is 2.76 bits per heavy atom. The molecule has 0 aliphatic rings. The number of rotatable bonds is 5. The number of aryl methyl sites for hydroxylation is 1. The first-order chi connectivity index (χ1) is 7.96. The lowest BCUT2D eigenvalue weighted by atomic mass is 10.2. The number of halogens is 3. The average Bonchev–Trinajstić information content (AvgIpc) is 2.65. The standard InChI is InChI=1S/C9H11F3N4O/c1-2-6-3-7(4-14-16-13)15-8(6)17-5-9(10,11)12/h3,15H,2,4-5H2,1H3. The van der Waals surface area contributed by atoms with E-state index in [-0.39, 0.29) is 12.4 Å². The zero-order valence-electron chi connectivity index (χ0n) is 9.08. The molecule has 1 rings (SSSR count). The Morgan fingerprint density at radius 2 is 2.24 bits per heavy atom. The number of aromatic nitrogens is 1. The first kappa shape index (κ1) is 13.2.